The Kier molecular flexibility index (Phi) is 4.58. The molecule has 2 fully saturated rings. The van der Waals surface area contributed by atoms with Crippen molar-refractivity contribution >= 4 is 22.8 Å². The summed E-state index contributed by atoms with van der Waals surface area (Å²) in [4.78, 5) is 14.0. The summed E-state index contributed by atoms with van der Waals surface area (Å²) in [5.74, 6) is -0.275. The van der Waals surface area contributed by atoms with Crippen LogP contribution in [0, 0.1) is 12.7 Å². The third-order valence-electron chi connectivity index (χ3n) is 6.62. The van der Waals surface area contributed by atoms with Crippen molar-refractivity contribution in [3.63, 3.8) is 0 Å². The van der Waals surface area contributed by atoms with Gasteiger partial charge in [-0.1, -0.05) is 18.2 Å². The monoisotopic (exact) mass is 402 g/mol. The zero-order chi connectivity index (χ0) is 20.9. The summed E-state index contributed by atoms with van der Waals surface area (Å²) in [7, 11) is 4.28. The summed E-state index contributed by atoms with van der Waals surface area (Å²) in [6.45, 7) is 4.25. The summed E-state index contributed by atoms with van der Waals surface area (Å²) in [5.41, 5.74) is 4.87. The zero-order valence-electron chi connectivity index (χ0n) is 17.8. The van der Waals surface area contributed by atoms with E-state index in [0.29, 0.717) is 11.6 Å². The number of likely N-dealkylation sites (N-methyl/N-ethyl adjacent to an activating group) is 1. The second kappa shape index (κ2) is 7.17. The van der Waals surface area contributed by atoms with Gasteiger partial charge in [-0.2, -0.15) is 0 Å². The summed E-state index contributed by atoms with van der Waals surface area (Å²) < 4.78 is 14.2. The van der Waals surface area contributed by atoms with E-state index in [2.05, 4.69) is 54.0 Å². The van der Waals surface area contributed by atoms with Gasteiger partial charge in [0.1, 0.15) is 11.3 Å². The molecule has 0 radical (unpaired) electrons. The first-order valence-electron chi connectivity index (χ1n) is 10.6. The molecule has 4 nitrogen and oxygen atoms in total. The van der Waals surface area contributed by atoms with Gasteiger partial charge in [-0.05, 0) is 74.8 Å². The maximum Gasteiger partial charge on any atom is 0.149 e. The summed E-state index contributed by atoms with van der Waals surface area (Å²) in [6.07, 6.45) is 5.62. The number of hydrogen-bond acceptors (Lipinski definition) is 4. The van der Waals surface area contributed by atoms with E-state index in [4.69, 9.17) is 4.99 Å². The van der Waals surface area contributed by atoms with Gasteiger partial charge in [-0.3, -0.25) is 9.98 Å². The van der Waals surface area contributed by atoms with Gasteiger partial charge in [0.05, 0.1) is 5.54 Å². The molecular formula is C25H27FN4. The van der Waals surface area contributed by atoms with E-state index < -0.39 is 0 Å². The van der Waals surface area contributed by atoms with E-state index in [1.165, 1.54) is 17.3 Å². The molecule has 2 aliphatic rings. The van der Waals surface area contributed by atoms with Crippen LogP contribution in [0.3, 0.4) is 0 Å². The largest absolute Gasteiger partial charge is 0.368 e. The molecule has 0 N–H and O–H groups in total. The molecule has 1 aliphatic carbocycles. The summed E-state index contributed by atoms with van der Waals surface area (Å²) >= 11 is 0. The molecule has 154 valence electrons. The second-order valence-corrected chi connectivity index (χ2v) is 8.85. The molecule has 3 aromatic rings. The molecule has 2 aromatic carbocycles. The van der Waals surface area contributed by atoms with Crippen molar-refractivity contribution in [1.29, 1.82) is 0 Å². The number of aryl methyl sites for hydroxylation is 1. The first kappa shape index (κ1) is 19.2. The van der Waals surface area contributed by atoms with E-state index in [-0.39, 0.29) is 11.4 Å². The Morgan fingerprint density at radius 3 is 2.70 bits per heavy atom. The minimum absolute atomic E-state index is 0.260. The summed E-state index contributed by atoms with van der Waals surface area (Å²) in [6, 6.07) is 14.5. The van der Waals surface area contributed by atoms with Gasteiger partial charge in [0.25, 0.3) is 0 Å². The zero-order valence-corrected chi connectivity index (χ0v) is 17.8. The number of aromatic nitrogens is 1. The van der Waals surface area contributed by atoms with Gasteiger partial charge in [-0.15, -0.1) is 0 Å². The van der Waals surface area contributed by atoms with Gasteiger partial charge in [0, 0.05) is 42.6 Å². The number of rotatable bonds is 5. The Morgan fingerprint density at radius 2 is 1.97 bits per heavy atom. The molecule has 5 heteroatoms. The van der Waals surface area contributed by atoms with Gasteiger partial charge in [0.15, 0.2) is 0 Å². The number of hydrogen-bond donors (Lipinski definition) is 0. The number of aliphatic imine (C=N–C) groups is 1. The maximum atomic E-state index is 14.2. The number of fused-ring (bicyclic) bond motifs is 1. The molecular weight excluding hydrogens is 375 g/mol. The topological polar surface area (TPSA) is 31.7 Å². The van der Waals surface area contributed by atoms with E-state index in [1.54, 1.807) is 6.20 Å². The Morgan fingerprint density at radius 1 is 1.17 bits per heavy atom. The predicted octanol–water partition coefficient (Wildman–Crippen LogP) is 4.54. The van der Waals surface area contributed by atoms with Crippen molar-refractivity contribution in [2.24, 2.45) is 4.99 Å². The normalized spacial score (nSPS) is 18.4. The third kappa shape index (κ3) is 3.27. The highest BCUT2D eigenvalue weighted by Crippen LogP contribution is 2.51. The standard InChI is InChI=1S/C25H27FN4/c1-17-6-7-19(30-15-20(16-30)29(2)3)13-18(17)14-28-25(10-11-25)22-8-9-23(26)24-21(22)5-4-12-27-24/h4-9,12-14,20H,10-11,15-16H2,1-3H3. The van der Waals surface area contributed by atoms with Crippen molar-refractivity contribution in [3.8, 4) is 0 Å². The van der Waals surface area contributed by atoms with Crippen LogP contribution in [0.1, 0.15) is 29.5 Å². The van der Waals surface area contributed by atoms with Crippen LogP contribution in [0.5, 0.6) is 0 Å². The lowest BCUT2D eigenvalue weighted by Gasteiger charge is -2.44. The highest BCUT2D eigenvalue weighted by molar-refractivity contribution is 5.87. The molecule has 1 aromatic heterocycles. The molecule has 1 aliphatic heterocycles. The van der Waals surface area contributed by atoms with Crippen LogP contribution in [-0.4, -0.2) is 49.3 Å². The fourth-order valence-corrected chi connectivity index (χ4v) is 4.28. The fourth-order valence-electron chi connectivity index (χ4n) is 4.28. The molecule has 0 atom stereocenters. The van der Waals surface area contributed by atoms with Crippen LogP contribution in [0.2, 0.25) is 0 Å². The molecule has 5 rings (SSSR count). The van der Waals surface area contributed by atoms with Gasteiger partial charge in [0.2, 0.25) is 0 Å². The maximum absolute atomic E-state index is 14.2. The molecule has 0 amide bonds. The number of pyridine rings is 1. The Balaban J connectivity index is 1.43. The lowest BCUT2D eigenvalue weighted by atomic mass is 9.99. The Labute approximate surface area is 177 Å². The van der Waals surface area contributed by atoms with Crippen LogP contribution >= 0.6 is 0 Å². The number of anilines is 1. The highest BCUT2D eigenvalue weighted by Gasteiger charge is 2.45. The fraction of sp³-hybridized carbons (Fsp3) is 0.360. The van der Waals surface area contributed by atoms with Crippen molar-refractivity contribution in [2.75, 3.05) is 32.1 Å². The first-order chi connectivity index (χ1) is 14.5. The third-order valence-corrected chi connectivity index (χ3v) is 6.62. The molecule has 0 bridgehead atoms. The molecule has 0 unspecified atom stereocenters. The lowest BCUT2D eigenvalue weighted by molar-refractivity contribution is 0.247. The smallest absolute Gasteiger partial charge is 0.149 e. The first-order valence-corrected chi connectivity index (χ1v) is 10.6. The molecule has 2 heterocycles. The van der Waals surface area contributed by atoms with Crippen LogP contribution in [0.4, 0.5) is 10.1 Å². The van der Waals surface area contributed by atoms with Crippen molar-refractivity contribution in [1.82, 2.24) is 9.88 Å². The number of halogens is 1. The predicted molar refractivity (Wildman–Crippen MR) is 121 cm³/mol. The highest BCUT2D eigenvalue weighted by atomic mass is 19.1. The molecule has 0 spiro atoms. The van der Waals surface area contributed by atoms with Crippen molar-refractivity contribution in [2.45, 2.75) is 31.3 Å². The number of benzene rings is 2. The van der Waals surface area contributed by atoms with Gasteiger partial charge in [-0.25, -0.2) is 4.39 Å². The quantitative estimate of drug-likeness (QED) is 0.587. The van der Waals surface area contributed by atoms with E-state index in [1.807, 2.05) is 24.4 Å². The van der Waals surface area contributed by atoms with Crippen LogP contribution in [-0.2, 0) is 5.54 Å². The lowest BCUT2D eigenvalue weighted by Crippen LogP contribution is -2.57. The van der Waals surface area contributed by atoms with Gasteiger partial charge >= 0.3 is 0 Å². The Hall–Kier alpha value is -2.79. The number of nitrogens with zero attached hydrogens (tertiary/aromatic N) is 4. The SMILES string of the molecule is Cc1ccc(N2CC(N(C)C)C2)cc1C=NC1(c2ccc(F)c3ncccc23)CC1. The van der Waals surface area contributed by atoms with E-state index in [0.717, 1.165) is 42.4 Å². The molecule has 30 heavy (non-hydrogen) atoms. The minimum Gasteiger partial charge on any atom is -0.368 e. The van der Waals surface area contributed by atoms with Gasteiger partial charge < -0.3 is 9.80 Å². The van der Waals surface area contributed by atoms with E-state index in [9.17, 15) is 4.39 Å². The van der Waals surface area contributed by atoms with E-state index >= 15 is 0 Å². The summed E-state index contributed by atoms with van der Waals surface area (Å²) in [5, 5.41) is 0.868. The second-order valence-electron chi connectivity index (χ2n) is 8.85. The van der Waals surface area contributed by atoms with Crippen LogP contribution in [0.25, 0.3) is 10.9 Å². The molecule has 1 saturated heterocycles. The van der Waals surface area contributed by atoms with Crippen molar-refractivity contribution in [3.05, 3.63) is 71.2 Å². The van der Waals surface area contributed by atoms with Crippen LogP contribution in [0.15, 0.2) is 53.7 Å². The average molecular weight is 403 g/mol. The Bertz CT molecular complexity index is 1130. The van der Waals surface area contributed by atoms with Crippen molar-refractivity contribution < 1.29 is 4.39 Å². The molecule has 1 saturated carbocycles. The minimum atomic E-state index is -0.275. The average Bonchev–Trinajstić information content (AvgIpc) is 3.48. The van der Waals surface area contributed by atoms with Crippen LogP contribution < -0.4 is 4.90 Å².